The van der Waals surface area contributed by atoms with Crippen LogP contribution in [0.5, 0.6) is 5.06 Å². The van der Waals surface area contributed by atoms with Gasteiger partial charge in [0.25, 0.3) is 0 Å². The van der Waals surface area contributed by atoms with Gasteiger partial charge in [0.1, 0.15) is 11.5 Å². The molecule has 0 spiro atoms. The molecule has 0 aliphatic rings. The van der Waals surface area contributed by atoms with Crippen LogP contribution in [0, 0.1) is 6.92 Å². The molecule has 5 nitrogen and oxygen atoms in total. The standard InChI is InChI=1S/C14H12N4OS/c1-8-17-13(11-3-4-12(19-2)20-11)10-7-16-14-9(18(8)10)5-6-15-14/h3-7,15H,1-2H3. The van der Waals surface area contributed by atoms with Gasteiger partial charge in [0.05, 0.1) is 29.2 Å². The van der Waals surface area contributed by atoms with Crippen molar-refractivity contribution in [1.29, 1.82) is 0 Å². The molecule has 4 aromatic heterocycles. The fraction of sp³-hybridized carbons (Fsp3) is 0.143. The van der Waals surface area contributed by atoms with Crippen LogP contribution in [-0.4, -0.2) is 26.5 Å². The first-order chi connectivity index (χ1) is 9.78. The molecule has 100 valence electrons. The zero-order valence-corrected chi connectivity index (χ0v) is 11.9. The maximum absolute atomic E-state index is 5.26. The summed E-state index contributed by atoms with van der Waals surface area (Å²) < 4.78 is 7.38. The molecule has 0 bridgehead atoms. The molecule has 0 fully saturated rings. The monoisotopic (exact) mass is 284 g/mol. The molecule has 0 radical (unpaired) electrons. The Morgan fingerprint density at radius 3 is 2.95 bits per heavy atom. The van der Waals surface area contributed by atoms with Crippen LogP contribution in [0.4, 0.5) is 0 Å². The number of thiophene rings is 1. The van der Waals surface area contributed by atoms with Crippen LogP contribution in [0.15, 0.2) is 30.6 Å². The van der Waals surface area contributed by atoms with Crippen molar-refractivity contribution in [3.63, 3.8) is 0 Å². The predicted molar refractivity (Wildman–Crippen MR) is 79.4 cm³/mol. The number of hydrogen-bond donors (Lipinski definition) is 1. The molecule has 0 aliphatic heterocycles. The van der Waals surface area contributed by atoms with E-state index in [0.29, 0.717) is 0 Å². The Morgan fingerprint density at radius 2 is 2.15 bits per heavy atom. The van der Waals surface area contributed by atoms with Crippen LogP contribution in [0.25, 0.3) is 27.3 Å². The first kappa shape index (κ1) is 11.5. The topological polar surface area (TPSA) is 55.2 Å². The second-order valence-electron chi connectivity index (χ2n) is 4.52. The van der Waals surface area contributed by atoms with Crippen molar-refractivity contribution in [2.75, 3.05) is 7.11 Å². The minimum absolute atomic E-state index is 0.869. The molecule has 0 aromatic carbocycles. The highest BCUT2D eigenvalue weighted by Crippen LogP contribution is 2.35. The van der Waals surface area contributed by atoms with Crippen molar-refractivity contribution < 1.29 is 4.74 Å². The second-order valence-corrected chi connectivity index (χ2v) is 5.57. The van der Waals surface area contributed by atoms with Crippen molar-refractivity contribution in [3.05, 3.63) is 36.4 Å². The highest BCUT2D eigenvalue weighted by molar-refractivity contribution is 7.17. The highest BCUT2D eigenvalue weighted by Gasteiger charge is 2.15. The van der Waals surface area contributed by atoms with Gasteiger partial charge < -0.3 is 9.72 Å². The third kappa shape index (κ3) is 1.48. The van der Waals surface area contributed by atoms with E-state index in [4.69, 9.17) is 9.72 Å². The molecule has 4 aromatic rings. The Morgan fingerprint density at radius 1 is 1.25 bits per heavy atom. The first-order valence-electron chi connectivity index (χ1n) is 6.23. The van der Waals surface area contributed by atoms with E-state index in [1.165, 1.54) is 0 Å². The van der Waals surface area contributed by atoms with E-state index in [-0.39, 0.29) is 0 Å². The lowest BCUT2D eigenvalue weighted by Gasteiger charge is -1.98. The van der Waals surface area contributed by atoms with Gasteiger partial charge in [-0.3, -0.25) is 4.40 Å². The molecule has 0 saturated carbocycles. The fourth-order valence-electron chi connectivity index (χ4n) is 2.47. The zero-order chi connectivity index (χ0) is 13.7. The summed E-state index contributed by atoms with van der Waals surface area (Å²) in [5.41, 5.74) is 3.88. The van der Waals surface area contributed by atoms with Crippen LogP contribution < -0.4 is 4.74 Å². The van der Waals surface area contributed by atoms with E-state index >= 15 is 0 Å². The number of imidazole rings is 1. The Labute approximate surface area is 118 Å². The molecule has 1 N–H and O–H groups in total. The van der Waals surface area contributed by atoms with E-state index in [0.717, 1.165) is 38.1 Å². The molecule has 4 heterocycles. The first-order valence-corrected chi connectivity index (χ1v) is 7.05. The second kappa shape index (κ2) is 4.08. The molecule has 20 heavy (non-hydrogen) atoms. The molecule has 0 saturated heterocycles. The van der Waals surface area contributed by atoms with Gasteiger partial charge in [-0.05, 0) is 25.1 Å². The molecular formula is C14H12N4OS. The molecule has 0 amide bonds. The Kier molecular flexibility index (Phi) is 2.34. The predicted octanol–water partition coefficient (Wildman–Crippen LogP) is 3.26. The lowest BCUT2D eigenvalue weighted by molar-refractivity contribution is 0.427. The quantitative estimate of drug-likeness (QED) is 0.614. The average Bonchev–Trinajstić information content (AvgIpc) is 3.15. The van der Waals surface area contributed by atoms with E-state index in [1.54, 1.807) is 18.4 Å². The summed E-state index contributed by atoms with van der Waals surface area (Å²) in [5, 5.41) is 0.884. The summed E-state index contributed by atoms with van der Waals surface area (Å²) in [6.45, 7) is 2.01. The third-order valence-corrected chi connectivity index (χ3v) is 4.41. The molecule has 6 heteroatoms. The maximum atomic E-state index is 5.26. The van der Waals surface area contributed by atoms with Gasteiger partial charge in [0.2, 0.25) is 0 Å². The van der Waals surface area contributed by atoms with E-state index in [1.807, 2.05) is 37.5 Å². The Balaban J connectivity index is 2.05. The molecule has 4 rings (SSSR count). The number of nitrogens with one attached hydrogen (secondary N) is 1. The summed E-state index contributed by atoms with van der Waals surface area (Å²) in [7, 11) is 1.68. The van der Waals surface area contributed by atoms with Gasteiger partial charge in [-0.25, -0.2) is 9.97 Å². The summed E-state index contributed by atoms with van der Waals surface area (Å²) in [4.78, 5) is 13.4. The van der Waals surface area contributed by atoms with Crippen molar-refractivity contribution in [1.82, 2.24) is 19.4 Å². The smallest absolute Gasteiger partial charge is 0.173 e. The number of hydrogen-bond acceptors (Lipinski definition) is 4. The van der Waals surface area contributed by atoms with Gasteiger partial charge >= 0.3 is 0 Å². The summed E-state index contributed by atoms with van der Waals surface area (Å²) >= 11 is 1.59. The highest BCUT2D eigenvalue weighted by atomic mass is 32.1. The van der Waals surface area contributed by atoms with E-state index in [2.05, 4.69) is 14.4 Å². The van der Waals surface area contributed by atoms with Crippen LogP contribution in [-0.2, 0) is 0 Å². The van der Waals surface area contributed by atoms with E-state index < -0.39 is 0 Å². The number of aromatic amines is 1. The molecular weight excluding hydrogens is 272 g/mol. The lowest BCUT2D eigenvalue weighted by atomic mass is 10.3. The summed E-state index contributed by atoms with van der Waals surface area (Å²) in [6.07, 6.45) is 3.75. The number of methoxy groups -OCH3 is 1. The number of aromatic nitrogens is 4. The fourth-order valence-corrected chi connectivity index (χ4v) is 3.29. The number of nitrogens with zero attached hydrogens (tertiary/aromatic N) is 3. The van der Waals surface area contributed by atoms with Crippen molar-refractivity contribution in [3.8, 4) is 15.6 Å². The van der Waals surface area contributed by atoms with Crippen LogP contribution >= 0.6 is 11.3 Å². The molecule has 0 unspecified atom stereocenters. The molecule has 0 atom stereocenters. The van der Waals surface area contributed by atoms with E-state index in [9.17, 15) is 0 Å². The number of aryl methyl sites for hydroxylation is 1. The largest absolute Gasteiger partial charge is 0.487 e. The number of rotatable bonds is 2. The van der Waals surface area contributed by atoms with Gasteiger partial charge in [-0.15, -0.1) is 0 Å². The zero-order valence-electron chi connectivity index (χ0n) is 11.0. The minimum Gasteiger partial charge on any atom is -0.487 e. The number of fused-ring (bicyclic) bond motifs is 3. The van der Waals surface area contributed by atoms with Crippen LogP contribution in [0.3, 0.4) is 0 Å². The minimum atomic E-state index is 0.869. The van der Waals surface area contributed by atoms with Gasteiger partial charge in [0, 0.05) is 6.20 Å². The lowest BCUT2D eigenvalue weighted by Crippen LogP contribution is -1.90. The van der Waals surface area contributed by atoms with Crippen molar-refractivity contribution in [2.45, 2.75) is 6.92 Å². The average molecular weight is 284 g/mol. The van der Waals surface area contributed by atoms with Gasteiger partial charge in [-0.2, -0.15) is 0 Å². The van der Waals surface area contributed by atoms with Crippen LogP contribution in [0.2, 0.25) is 0 Å². The molecule has 0 aliphatic carbocycles. The van der Waals surface area contributed by atoms with Crippen LogP contribution in [0.1, 0.15) is 5.82 Å². The Bertz CT molecular complexity index is 918. The maximum Gasteiger partial charge on any atom is 0.173 e. The number of H-pyrrole nitrogens is 1. The normalized spacial score (nSPS) is 11.5. The van der Waals surface area contributed by atoms with Crippen molar-refractivity contribution >= 4 is 28.0 Å². The Hall–Kier alpha value is -2.34. The summed E-state index contributed by atoms with van der Waals surface area (Å²) in [5.74, 6) is 0.953. The van der Waals surface area contributed by atoms with Crippen molar-refractivity contribution in [2.24, 2.45) is 0 Å². The third-order valence-electron chi connectivity index (χ3n) is 3.36. The summed E-state index contributed by atoms with van der Waals surface area (Å²) in [6, 6.07) is 6.01. The van der Waals surface area contributed by atoms with Gasteiger partial charge in [0.15, 0.2) is 10.7 Å². The SMILES string of the molecule is COc1ccc(-c2nc(C)n3c2cnc2[nH]ccc23)s1. The van der Waals surface area contributed by atoms with Gasteiger partial charge in [-0.1, -0.05) is 11.3 Å². The number of ether oxygens (including phenoxy) is 1.